The molecule has 1 N–H and O–H groups in total. The van der Waals surface area contributed by atoms with Crippen molar-refractivity contribution in [2.24, 2.45) is 0 Å². The monoisotopic (exact) mass is 425 g/mol. The van der Waals surface area contributed by atoms with Crippen molar-refractivity contribution >= 4 is 34.1 Å². The van der Waals surface area contributed by atoms with Crippen molar-refractivity contribution in [3.05, 3.63) is 70.4 Å². The van der Waals surface area contributed by atoms with E-state index in [0.29, 0.717) is 21.0 Å². The van der Waals surface area contributed by atoms with E-state index in [1.165, 1.54) is 4.90 Å². The smallest absolute Gasteiger partial charge is 0.341 e. The second-order valence-electron chi connectivity index (χ2n) is 6.77. The van der Waals surface area contributed by atoms with Gasteiger partial charge in [-0.1, -0.05) is 0 Å². The average Bonchev–Trinajstić information content (AvgIpc) is 3.36. The molecule has 8 heteroatoms. The van der Waals surface area contributed by atoms with Crippen LogP contribution in [0.4, 0.5) is 5.00 Å². The summed E-state index contributed by atoms with van der Waals surface area (Å²) in [5.41, 5.74) is 2.07. The first-order valence-corrected chi connectivity index (χ1v) is 10.2. The molecule has 0 unspecified atom stereocenters. The van der Waals surface area contributed by atoms with E-state index in [2.05, 4.69) is 5.32 Å². The number of hydrogen-bond donors (Lipinski definition) is 1. The summed E-state index contributed by atoms with van der Waals surface area (Å²) in [7, 11) is 3.27. The van der Waals surface area contributed by atoms with Crippen LogP contribution in [-0.2, 0) is 4.74 Å². The first-order valence-electron chi connectivity index (χ1n) is 9.40. The Balaban J connectivity index is 1.90. The van der Waals surface area contributed by atoms with Gasteiger partial charge in [-0.3, -0.25) is 9.59 Å². The second kappa shape index (κ2) is 8.96. The van der Waals surface area contributed by atoms with E-state index < -0.39 is 5.97 Å². The highest BCUT2D eigenvalue weighted by Crippen LogP contribution is 2.34. The lowest BCUT2D eigenvalue weighted by Gasteiger charge is -2.09. The van der Waals surface area contributed by atoms with Crippen LogP contribution in [0.5, 0.6) is 0 Å². The lowest BCUT2D eigenvalue weighted by molar-refractivity contribution is 0.0527. The zero-order valence-electron chi connectivity index (χ0n) is 17.3. The highest BCUT2D eigenvalue weighted by atomic mass is 32.1. The lowest BCUT2D eigenvalue weighted by atomic mass is 10.1. The summed E-state index contributed by atoms with van der Waals surface area (Å²) in [5, 5.41) is 3.08. The van der Waals surface area contributed by atoms with E-state index >= 15 is 0 Å². The van der Waals surface area contributed by atoms with Gasteiger partial charge in [0.2, 0.25) is 0 Å². The number of carbonyl (C=O) groups excluding carboxylic acids is 3. The van der Waals surface area contributed by atoms with Crippen LogP contribution in [0, 0.1) is 6.92 Å². The number of ether oxygens (including phenoxy) is 1. The minimum absolute atomic E-state index is 0.194. The molecule has 3 rings (SSSR count). The molecule has 0 aliphatic carbocycles. The highest BCUT2D eigenvalue weighted by Gasteiger charge is 2.27. The van der Waals surface area contributed by atoms with Gasteiger partial charge >= 0.3 is 5.97 Å². The summed E-state index contributed by atoms with van der Waals surface area (Å²) in [6.07, 6.45) is 3.83. The highest BCUT2D eigenvalue weighted by molar-refractivity contribution is 7.18. The maximum Gasteiger partial charge on any atom is 0.341 e. The summed E-state index contributed by atoms with van der Waals surface area (Å²) < 4.78 is 7.07. The number of aromatic nitrogens is 1. The number of rotatable bonds is 6. The normalized spacial score (nSPS) is 10.5. The van der Waals surface area contributed by atoms with E-state index in [0.717, 1.165) is 17.0 Å². The van der Waals surface area contributed by atoms with Crippen LogP contribution in [0.3, 0.4) is 0 Å². The molecule has 2 heterocycles. The minimum atomic E-state index is -0.567. The Bertz CT molecular complexity index is 1070. The van der Waals surface area contributed by atoms with Gasteiger partial charge < -0.3 is 19.5 Å². The summed E-state index contributed by atoms with van der Waals surface area (Å²) in [6.45, 7) is 3.58. The Morgan fingerprint density at radius 3 is 2.30 bits per heavy atom. The first kappa shape index (κ1) is 21.3. The predicted octanol–water partition coefficient (Wildman–Crippen LogP) is 3.98. The van der Waals surface area contributed by atoms with Gasteiger partial charge in [0, 0.05) is 37.7 Å². The largest absolute Gasteiger partial charge is 0.462 e. The van der Waals surface area contributed by atoms with Crippen LogP contribution in [0.2, 0.25) is 0 Å². The summed E-state index contributed by atoms with van der Waals surface area (Å²) in [6, 6.07) is 10.9. The fraction of sp³-hybridized carbons (Fsp3) is 0.227. The number of nitrogens with zero attached hydrogens (tertiary/aromatic N) is 2. The van der Waals surface area contributed by atoms with E-state index in [4.69, 9.17) is 4.74 Å². The van der Waals surface area contributed by atoms with Crippen molar-refractivity contribution in [3.8, 4) is 5.69 Å². The van der Waals surface area contributed by atoms with Crippen molar-refractivity contribution in [1.29, 1.82) is 0 Å². The Hall–Kier alpha value is -3.39. The summed E-state index contributed by atoms with van der Waals surface area (Å²) in [5.74, 6) is -1.17. The van der Waals surface area contributed by atoms with Crippen molar-refractivity contribution in [3.63, 3.8) is 0 Å². The van der Waals surface area contributed by atoms with Crippen LogP contribution in [0.15, 0.2) is 48.8 Å². The first-order chi connectivity index (χ1) is 14.3. The molecular weight excluding hydrogens is 402 g/mol. The van der Waals surface area contributed by atoms with E-state index in [-0.39, 0.29) is 24.0 Å². The predicted molar refractivity (Wildman–Crippen MR) is 117 cm³/mol. The van der Waals surface area contributed by atoms with Crippen molar-refractivity contribution in [2.45, 2.75) is 13.8 Å². The van der Waals surface area contributed by atoms with Gasteiger partial charge in [-0.2, -0.15) is 0 Å². The van der Waals surface area contributed by atoms with Crippen LogP contribution in [0.25, 0.3) is 5.69 Å². The summed E-state index contributed by atoms with van der Waals surface area (Å²) in [4.78, 5) is 39.6. The standard InChI is InChI=1S/C22H23N3O4S/c1-5-29-22(28)17-14(2)18(21(27)24(3)4)30-20(17)23-19(26)15-8-10-16(11-9-15)25-12-6-7-13-25/h6-13H,5H2,1-4H3,(H,23,26). The molecule has 30 heavy (non-hydrogen) atoms. The van der Waals surface area contributed by atoms with Gasteiger partial charge in [-0.25, -0.2) is 4.79 Å². The molecule has 0 aliphatic heterocycles. The van der Waals surface area contributed by atoms with Gasteiger partial charge in [0.25, 0.3) is 11.8 Å². The van der Waals surface area contributed by atoms with Gasteiger partial charge in [-0.05, 0) is 55.8 Å². The third-order valence-electron chi connectivity index (χ3n) is 4.49. The number of nitrogens with one attached hydrogen (secondary N) is 1. The molecule has 0 saturated carbocycles. The van der Waals surface area contributed by atoms with Gasteiger partial charge in [0.15, 0.2) is 0 Å². The molecule has 3 aromatic rings. The molecule has 0 spiro atoms. The molecule has 0 radical (unpaired) electrons. The third kappa shape index (κ3) is 4.28. The van der Waals surface area contributed by atoms with Gasteiger partial charge in [-0.15, -0.1) is 11.3 Å². The van der Waals surface area contributed by atoms with Crippen LogP contribution in [0.1, 0.15) is 42.9 Å². The number of esters is 1. The molecule has 2 aromatic heterocycles. The molecule has 7 nitrogen and oxygen atoms in total. The average molecular weight is 426 g/mol. The van der Waals surface area contributed by atoms with Crippen LogP contribution >= 0.6 is 11.3 Å². The molecule has 0 fully saturated rings. The summed E-state index contributed by atoms with van der Waals surface area (Å²) >= 11 is 1.07. The molecule has 2 amide bonds. The van der Waals surface area contributed by atoms with Crippen molar-refractivity contribution < 1.29 is 19.1 Å². The molecule has 0 aliphatic rings. The fourth-order valence-electron chi connectivity index (χ4n) is 2.92. The maximum absolute atomic E-state index is 12.8. The minimum Gasteiger partial charge on any atom is -0.462 e. The van der Waals surface area contributed by atoms with E-state index in [9.17, 15) is 14.4 Å². The van der Waals surface area contributed by atoms with Crippen LogP contribution in [-0.4, -0.2) is 48.0 Å². The Morgan fingerprint density at radius 2 is 1.73 bits per heavy atom. The molecule has 0 bridgehead atoms. The number of anilines is 1. The van der Waals surface area contributed by atoms with Crippen LogP contribution < -0.4 is 5.32 Å². The molecular formula is C22H23N3O4S. The molecule has 156 valence electrons. The van der Waals surface area contributed by atoms with Gasteiger partial charge in [0.1, 0.15) is 5.00 Å². The van der Waals surface area contributed by atoms with Gasteiger partial charge in [0.05, 0.1) is 17.0 Å². The Morgan fingerprint density at radius 1 is 1.10 bits per heavy atom. The van der Waals surface area contributed by atoms with E-state index in [1.807, 2.05) is 41.2 Å². The Labute approximate surface area is 178 Å². The molecule has 1 aromatic carbocycles. The molecule has 0 atom stereocenters. The lowest BCUT2D eigenvalue weighted by Crippen LogP contribution is -2.21. The number of benzene rings is 1. The fourth-order valence-corrected chi connectivity index (χ4v) is 4.14. The zero-order chi connectivity index (χ0) is 21.8. The number of hydrogen-bond acceptors (Lipinski definition) is 5. The second-order valence-corrected chi connectivity index (χ2v) is 7.79. The number of carbonyl (C=O) groups is 3. The van der Waals surface area contributed by atoms with E-state index in [1.54, 1.807) is 40.1 Å². The SMILES string of the molecule is CCOC(=O)c1c(NC(=O)c2ccc(-n3cccc3)cc2)sc(C(=O)N(C)C)c1C. The van der Waals surface area contributed by atoms with Crippen molar-refractivity contribution in [2.75, 3.05) is 26.0 Å². The van der Waals surface area contributed by atoms with Crippen molar-refractivity contribution in [1.82, 2.24) is 9.47 Å². The number of amides is 2. The maximum atomic E-state index is 12.8. The number of thiophene rings is 1. The Kier molecular flexibility index (Phi) is 6.37. The molecule has 0 saturated heterocycles. The third-order valence-corrected chi connectivity index (χ3v) is 5.68. The topological polar surface area (TPSA) is 80.6 Å². The zero-order valence-corrected chi connectivity index (χ0v) is 18.1. The quantitative estimate of drug-likeness (QED) is 0.606.